The van der Waals surface area contributed by atoms with Crippen LogP contribution in [0.2, 0.25) is 0 Å². The molecule has 0 aliphatic carbocycles. The number of unbranched alkanes of at least 4 members (excludes halogenated alkanes) is 1. The number of carbonyl (C=O) groups is 3. The summed E-state index contributed by atoms with van der Waals surface area (Å²) in [5.41, 5.74) is 0.571. The molecule has 0 aromatic heterocycles. The molecule has 94 valence electrons. The van der Waals surface area contributed by atoms with E-state index in [9.17, 15) is 14.4 Å². The summed E-state index contributed by atoms with van der Waals surface area (Å²) in [5, 5.41) is 2.57. The number of urea groups is 1. The first-order valence-electron chi connectivity index (χ1n) is 5.92. The smallest absolute Gasteiger partial charge is 0.331 e. The number of benzene rings is 1. The van der Waals surface area contributed by atoms with Crippen LogP contribution in [0.25, 0.3) is 0 Å². The predicted octanol–water partition coefficient (Wildman–Crippen LogP) is 1.79. The van der Waals surface area contributed by atoms with Crippen molar-refractivity contribution in [1.82, 2.24) is 10.2 Å². The number of hydrogen-bond acceptors (Lipinski definition) is 3. The Morgan fingerprint density at radius 2 is 1.72 bits per heavy atom. The van der Waals surface area contributed by atoms with Gasteiger partial charge in [-0.15, -0.1) is 0 Å². The first kappa shape index (κ1) is 12.3. The molecule has 1 heterocycles. The zero-order chi connectivity index (χ0) is 13.1. The molecule has 0 atom stereocenters. The van der Waals surface area contributed by atoms with Gasteiger partial charge >= 0.3 is 6.03 Å². The summed E-state index contributed by atoms with van der Waals surface area (Å²) in [7, 11) is 0. The topological polar surface area (TPSA) is 66.5 Å². The third-order valence-electron chi connectivity index (χ3n) is 2.80. The Kier molecular flexibility index (Phi) is 3.41. The molecular weight excluding hydrogens is 232 g/mol. The van der Waals surface area contributed by atoms with Crippen molar-refractivity contribution < 1.29 is 14.4 Å². The monoisotopic (exact) mass is 246 g/mol. The molecule has 0 radical (unpaired) electrons. The van der Waals surface area contributed by atoms with E-state index in [-0.39, 0.29) is 11.1 Å². The molecule has 0 saturated heterocycles. The normalized spacial score (nSPS) is 13.7. The fourth-order valence-electron chi connectivity index (χ4n) is 1.82. The van der Waals surface area contributed by atoms with Crippen LogP contribution in [0.5, 0.6) is 0 Å². The summed E-state index contributed by atoms with van der Waals surface area (Å²) < 4.78 is 0. The molecular formula is C13H14N2O3. The van der Waals surface area contributed by atoms with Gasteiger partial charge in [-0.05, 0) is 18.6 Å². The lowest BCUT2D eigenvalue weighted by Gasteiger charge is -2.12. The molecule has 0 fully saturated rings. The van der Waals surface area contributed by atoms with E-state index in [0.29, 0.717) is 11.4 Å². The van der Waals surface area contributed by atoms with Crippen molar-refractivity contribution in [3.63, 3.8) is 0 Å². The zero-order valence-corrected chi connectivity index (χ0v) is 10.1. The summed E-state index contributed by atoms with van der Waals surface area (Å²) in [6, 6.07) is 5.80. The molecule has 5 heteroatoms. The second-order valence-corrected chi connectivity index (χ2v) is 4.08. The van der Waals surface area contributed by atoms with Crippen LogP contribution in [0.1, 0.15) is 40.5 Å². The van der Waals surface area contributed by atoms with E-state index < -0.39 is 17.8 Å². The number of nitrogens with one attached hydrogen (secondary N) is 1. The van der Waals surface area contributed by atoms with Crippen molar-refractivity contribution in [1.29, 1.82) is 0 Å². The Hall–Kier alpha value is -2.17. The van der Waals surface area contributed by atoms with E-state index >= 15 is 0 Å². The molecule has 18 heavy (non-hydrogen) atoms. The Morgan fingerprint density at radius 3 is 2.22 bits per heavy atom. The lowest BCUT2D eigenvalue weighted by atomic mass is 10.1. The molecule has 5 nitrogen and oxygen atoms in total. The van der Waals surface area contributed by atoms with Crippen LogP contribution >= 0.6 is 0 Å². The van der Waals surface area contributed by atoms with Crippen molar-refractivity contribution in [2.75, 3.05) is 6.54 Å². The highest BCUT2D eigenvalue weighted by Gasteiger charge is 2.39. The second kappa shape index (κ2) is 5.00. The second-order valence-electron chi connectivity index (χ2n) is 4.08. The number of hydrogen-bond donors (Lipinski definition) is 1. The highest BCUT2D eigenvalue weighted by Crippen LogP contribution is 2.22. The molecule has 1 aromatic carbocycles. The fourth-order valence-corrected chi connectivity index (χ4v) is 1.82. The van der Waals surface area contributed by atoms with Gasteiger partial charge in [-0.3, -0.25) is 9.59 Å². The minimum atomic E-state index is -0.644. The maximum Gasteiger partial charge on any atom is 0.331 e. The van der Waals surface area contributed by atoms with E-state index in [1.54, 1.807) is 24.3 Å². The van der Waals surface area contributed by atoms with Crippen molar-refractivity contribution >= 4 is 17.8 Å². The fraction of sp³-hybridized carbons (Fsp3) is 0.308. The molecule has 1 aromatic rings. The Labute approximate surface area is 105 Å². The van der Waals surface area contributed by atoms with Gasteiger partial charge in [-0.2, -0.15) is 4.90 Å². The maximum absolute atomic E-state index is 11.9. The summed E-state index contributed by atoms with van der Waals surface area (Å²) in [4.78, 5) is 36.3. The zero-order valence-electron chi connectivity index (χ0n) is 10.1. The van der Waals surface area contributed by atoms with Gasteiger partial charge in [0.25, 0.3) is 11.8 Å². The van der Waals surface area contributed by atoms with E-state index in [4.69, 9.17) is 0 Å². The van der Waals surface area contributed by atoms with Gasteiger partial charge in [0.2, 0.25) is 0 Å². The average molecular weight is 246 g/mol. The van der Waals surface area contributed by atoms with Gasteiger partial charge < -0.3 is 5.32 Å². The molecule has 0 unspecified atom stereocenters. The van der Waals surface area contributed by atoms with Crippen LogP contribution in [0.3, 0.4) is 0 Å². The van der Waals surface area contributed by atoms with E-state index in [0.717, 1.165) is 12.8 Å². The summed E-state index contributed by atoms with van der Waals surface area (Å²) in [5.74, 6) is -1.10. The van der Waals surface area contributed by atoms with E-state index in [1.807, 2.05) is 6.92 Å². The van der Waals surface area contributed by atoms with E-state index in [1.165, 1.54) is 0 Å². The number of imide groups is 3. The summed E-state index contributed by atoms with van der Waals surface area (Å²) >= 11 is 0. The highest BCUT2D eigenvalue weighted by atomic mass is 16.2. The van der Waals surface area contributed by atoms with Crippen molar-refractivity contribution in [3.8, 4) is 0 Å². The number of fused-ring (bicyclic) bond motifs is 1. The SMILES string of the molecule is CCCCNC(=O)N1C(=O)c2ccccc2C1=O. The number of nitrogens with zero attached hydrogens (tertiary/aromatic N) is 1. The first-order chi connectivity index (χ1) is 8.66. The van der Waals surface area contributed by atoms with Crippen LogP contribution in [0.15, 0.2) is 24.3 Å². The molecule has 0 bridgehead atoms. The lowest BCUT2D eigenvalue weighted by Crippen LogP contribution is -2.43. The minimum absolute atomic E-state index is 0.285. The number of amides is 4. The first-order valence-corrected chi connectivity index (χ1v) is 5.92. The molecule has 1 N–H and O–H groups in total. The Balaban J connectivity index is 2.16. The molecule has 0 spiro atoms. The highest BCUT2D eigenvalue weighted by molar-refractivity contribution is 6.28. The van der Waals surface area contributed by atoms with Gasteiger partial charge in [0.1, 0.15) is 0 Å². The minimum Gasteiger partial charge on any atom is -0.337 e. The Morgan fingerprint density at radius 1 is 1.17 bits per heavy atom. The van der Waals surface area contributed by atoms with Crippen molar-refractivity contribution in [3.05, 3.63) is 35.4 Å². The molecule has 1 aliphatic rings. The molecule has 1 aliphatic heterocycles. The number of carbonyl (C=O) groups excluding carboxylic acids is 3. The quantitative estimate of drug-likeness (QED) is 0.653. The standard InChI is InChI=1S/C13H14N2O3/c1-2-3-8-14-13(18)15-11(16)9-6-4-5-7-10(9)12(15)17/h4-7H,2-3,8H2,1H3,(H,14,18). The number of rotatable bonds is 3. The van der Waals surface area contributed by atoms with Crippen LogP contribution in [-0.4, -0.2) is 29.3 Å². The van der Waals surface area contributed by atoms with Crippen LogP contribution in [0.4, 0.5) is 4.79 Å². The Bertz CT molecular complexity index is 476. The van der Waals surface area contributed by atoms with Gasteiger partial charge in [0, 0.05) is 6.54 Å². The average Bonchev–Trinajstić information content (AvgIpc) is 2.63. The van der Waals surface area contributed by atoms with E-state index in [2.05, 4.69) is 5.32 Å². The van der Waals surface area contributed by atoms with Crippen LogP contribution in [0, 0.1) is 0 Å². The van der Waals surface area contributed by atoms with Gasteiger partial charge in [0.05, 0.1) is 11.1 Å². The third-order valence-corrected chi connectivity index (χ3v) is 2.80. The lowest BCUT2D eigenvalue weighted by molar-refractivity contribution is 0.0703. The van der Waals surface area contributed by atoms with Gasteiger partial charge in [-0.25, -0.2) is 4.79 Å². The largest absolute Gasteiger partial charge is 0.337 e. The van der Waals surface area contributed by atoms with Crippen LogP contribution in [-0.2, 0) is 0 Å². The van der Waals surface area contributed by atoms with Crippen molar-refractivity contribution in [2.24, 2.45) is 0 Å². The van der Waals surface area contributed by atoms with Gasteiger partial charge in [-0.1, -0.05) is 25.5 Å². The summed E-state index contributed by atoms with van der Waals surface area (Å²) in [6.45, 7) is 2.46. The predicted molar refractivity (Wildman–Crippen MR) is 65.2 cm³/mol. The van der Waals surface area contributed by atoms with Crippen molar-refractivity contribution in [2.45, 2.75) is 19.8 Å². The third kappa shape index (κ3) is 1.99. The summed E-state index contributed by atoms with van der Waals surface area (Å²) in [6.07, 6.45) is 1.75. The van der Waals surface area contributed by atoms with Crippen LogP contribution < -0.4 is 5.32 Å². The molecule has 4 amide bonds. The molecule has 0 saturated carbocycles. The maximum atomic E-state index is 11.9. The van der Waals surface area contributed by atoms with Gasteiger partial charge in [0.15, 0.2) is 0 Å². The molecule has 2 rings (SSSR count).